The van der Waals surface area contributed by atoms with Crippen LogP contribution in [0.2, 0.25) is 17.5 Å². The summed E-state index contributed by atoms with van der Waals surface area (Å²) in [5.74, 6) is 3.12. The van der Waals surface area contributed by atoms with Crippen molar-refractivity contribution in [2.45, 2.75) is 184 Å². The number of nitrogens with zero attached hydrogens (tertiary/aromatic N) is 2. The predicted octanol–water partition coefficient (Wildman–Crippen LogP) is 7.10. The molecule has 0 amide bonds. The van der Waals surface area contributed by atoms with E-state index in [9.17, 15) is 0 Å². The zero-order valence-electron chi connectivity index (χ0n) is 21.8. The third kappa shape index (κ3) is 3.14. The smallest absolute Gasteiger partial charge is 0.156 e. The first-order valence-electron chi connectivity index (χ1n) is 16.2. The van der Waals surface area contributed by atoms with Crippen molar-refractivity contribution in [1.82, 2.24) is 9.80 Å². The SMILES string of the molecule is C1CCC2C(C1)SC1CC3SC4CCCCC4N4C5CCCCC5B5C6CCCCC6N2C1C5C34. The first-order chi connectivity index (χ1) is 17.4. The first-order valence-corrected chi connectivity index (χ1v) is 18.1. The lowest BCUT2D eigenvalue weighted by molar-refractivity contribution is -0.0556. The van der Waals surface area contributed by atoms with Crippen LogP contribution >= 0.6 is 23.5 Å². The Morgan fingerprint density at radius 2 is 0.886 bits per heavy atom. The minimum atomic E-state index is 0.939. The summed E-state index contributed by atoms with van der Waals surface area (Å²) >= 11 is 5.13. The van der Waals surface area contributed by atoms with Crippen LogP contribution in [0.1, 0.15) is 109 Å². The van der Waals surface area contributed by atoms with Gasteiger partial charge in [0.1, 0.15) is 0 Å². The summed E-state index contributed by atoms with van der Waals surface area (Å²) in [5, 5.41) is 3.86. The molecule has 2 nitrogen and oxygen atoms in total. The summed E-state index contributed by atoms with van der Waals surface area (Å²) in [6.45, 7) is 1.08. The molecule has 35 heavy (non-hydrogen) atoms. The van der Waals surface area contributed by atoms with Crippen molar-refractivity contribution in [2.75, 3.05) is 0 Å². The fraction of sp³-hybridized carbons (Fsp3) is 1.00. The normalized spacial score (nSPS) is 57.3. The topological polar surface area (TPSA) is 6.48 Å². The van der Waals surface area contributed by atoms with Gasteiger partial charge in [-0.25, -0.2) is 0 Å². The van der Waals surface area contributed by atoms with E-state index in [0.29, 0.717) is 0 Å². The molecular weight excluding hydrogens is 463 g/mol. The van der Waals surface area contributed by atoms with E-state index in [2.05, 4.69) is 33.3 Å². The molecular formula is C30H47BN2S2. The highest BCUT2D eigenvalue weighted by Crippen LogP contribution is 2.67. The maximum absolute atomic E-state index is 3.38. The lowest BCUT2D eigenvalue weighted by Gasteiger charge is -2.74. The maximum atomic E-state index is 3.38. The standard InChI is InChI=1S/C30H47BN2S2/c1-3-11-20-18(9-1)31-19-10-2-4-12-21(19)33-23-14-6-8-16-25(23)35-27-17-26-29(28(31)30(27)33)32(20)22-13-5-7-15-24(22)34-26/h18-30H,1-17H2. The predicted molar refractivity (Wildman–Crippen MR) is 152 cm³/mol. The highest BCUT2D eigenvalue weighted by Gasteiger charge is 2.70. The molecule has 0 spiro atoms. The van der Waals surface area contributed by atoms with Crippen LogP contribution in [0.15, 0.2) is 0 Å². The molecule has 5 saturated carbocycles. The molecule has 9 aliphatic rings. The zero-order valence-corrected chi connectivity index (χ0v) is 23.4. The molecule has 9 fully saturated rings. The second-order valence-electron chi connectivity index (χ2n) is 14.4. The van der Waals surface area contributed by atoms with Crippen LogP contribution < -0.4 is 0 Å². The second-order valence-corrected chi connectivity index (χ2v) is 17.4. The Kier molecular flexibility index (Phi) is 5.52. The van der Waals surface area contributed by atoms with Crippen LogP contribution in [0.5, 0.6) is 0 Å². The number of hydrogen-bond acceptors (Lipinski definition) is 4. The largest absolute Gasteiger partial charge is 0.293 e. The molecule has 4 aliphatic heterocycles. The quantitative estimate of drug-likeness (QED) is 0.321. The average Bonchev–Trinajstić information content (AvgIpc) is 2.92. The lowest BCUT2D eigenvalue weighted by atomic mass is 9.18. The Morgan fingerprint density at radius 3 is 1.40 bits per heavy atom. The van der Waals surface area contributed by atoms with E-state index in [1.165, 1.54) is 64.2 Å². The van der Waals surface area contributed by atoms with Gasteiger partial charge in [0.25, 0.3) is 0 Å². The molecule has 9 rings (SSSR count). The highest BCUT2D eigenvalue weighted by molar-refractivity contribution is 8.01. The molecule has 0 aromatic heterocycles. The Balaban J connectivity index is 1.20. The van der Waals surface area contributed by atoms with Crippen molar-refractivity contribution in [1.29, 1.82) is 0 Å². The Morgan fingerprint density at radius 1 is 0.457 bits per heavy atom. The summed E-state index contributed by atoms with van der Waals surface area (Å²) in [4.78, 5) is 6.76. The van der Waals surface area contributed by atoms with E-state index in [-0.39, 0.29) is 0 Å². The van der Waals surface area contributed by atoms with E-state index in [1.807, 2.05) is 0 Å². The third-order valence-corrected chi connectivity index (χ3v) is 16.7. The van der Waals surface area contributed by atoms with E-state index < -0.39 is 0 Å². The fourth-order valence-corrected chi connectivity index (χ4v) is 16.6. The van der Waals surface area contributed by atoms with Gasteiger partial charge in [0.15, 0.2) is 6.71 Å². The maximum Gasteiger partial charge on any atom is 0.156 e. The first kappa shape index (κ1) is 22.5. The molecule has 0 aromatic rings. The molecule has 0 aromatic carbocycles. The van der Waals surface area contributed by atoms with Crippen LogP contribution in [-0.4, -0.2) is 73.8 Å². The molecule has 5 heteroatoms. The minimum Gasteiger partial charge on any atom is -0.293 e. The van der Waals surface area contributed by atoms with Gasteiger partial charge in [-0.15, -0.1) is 0 Å². The lowest BCUT2D eigenvalue weighted by Crippen LogP contribution is -2.80. The summed E-state index contributed by atoms with van der Waals surface area (Å²) in [5.41, 5.74) is 0. The average molecular weight is 511 g/mol. The summed E-state index contributed by atoms with van der Waals surface area (Å²) < 4.78 is 0. The number of thioether (sulfide) groups is 2. The zero-order chi connectivity index (χ0) is 22.7. The van der Waals surface area contributed by atoms with Crippen molar-refractivity contribution in [3.05, 3.63) is 0 Å². The molecule has 12 unspecified atom stereocenters. The van der Waals surface area contributed by atoms with Crippen molar-refractivity contribution in [2.24, 2.45) is 0 Å². The fourth-order valence-electron chi connectivity index (χ4n) is 12.5. The van der Waals surface area contributed by atoms with E-state index >= 15 is 0 Å². The van der Waals surface area contributed by atoms with Crippen molar-refractivity contribution in [3.63, 3.8) is 0 Å². The molecule has 4 heterocycles. The van der Waals surface area contributed by atoms with Crippen LogP contribution in [0.4, 0.5) is 0 Å². The van der Waals surface area contributed by atoms with E-state index in [0.717, 1.165) is 81.4 Å². The number of fused-ring (bicyclic) bond motifs is 10. The third-order valence-electron chi connectivity index (χ3n) is 13.3. The molecule has 0 radical (unpaired) electrons. The van der Waals surface area contributed by atoms with Gasteiger partial charge < -0.3 is 0 Å². The van der Waals surface area contributed by atoms with Crippen molar-refractivity contribution < 1.29 is 0 Å². The monoisotopic (exact) mass is 510 g/mol. The van der Waals surface area contributed by atoms with E-state index in [4.69, 9.17) is 0 Å². The Bertz CT molecular complexity index is 777. The second kappa shape index (κ2) is 8.59. The van der Waals surface area contributed by atoms with Gasteiger partial charge in [0.2, 0.25) is 0 Å². The van der Waals surface area contributed by atoms with Crippen LogP contribution in [0, 0.1) is 0 Å². The number of hydrogen-bond donors (Lipinski definition) is 0. The van der Waals surface area contributed by atoms with Gasteiger partial charge in [-0.3, -0.25) is 9.80 Å². The van der Waals surface area contributed by atoms with Gasteiger partial charge in [0, 0.05) is 57.3 Å². The molecule has 5 aliphatic carbocycles. The molecule has 12 atom stereocenters. The minimum absolute atomic E-state index is 0.939. The number of rotatable bonds is 0. The summed E-state index contributed by atoms with van der Waals surface area (Å²) in [6.07, 6.45) is 26.2. The van der Waals surface area contributed by atoms with Gasteiger partial charge in [-0.2, -0.15) is 23.5 Å². The molecule has 0 bridgehead atoms. The van der Waals surface area contributed by atoms with Crippen molar-refractivity contribution >= 4 is 30.2 Å². The van der Waals surface area contributed by atoms with Crippen LogP contribution in [-0.2, 0) is 0 Å². The summed E-state index contributed by atoms with van der Waals surface area (Å²) in [6, 6.07) is 5.69. The molecule has 4 saturated heterocycles. The molecule has 0 N–H and O–H groups in total. The van der Waals surface area contributed by atoms with Gasteiger partial charge >= 0.3 is 0 Å². The van der Waals surface area contributed by atoms with Crippen LogP contribution in [0.25, 0.3) is 0 Å². The van der Waals surface area contributed by atoms with Gasteiger partial charge in [0.05, 0.1) is 0 Å². The Hall–Kier alpha value is 0.685. The van der Waals surface area contributed by atoms with Gasteiger partial charge in [-0.05, 0) is 62.4 Å². The highest BCUT2D eigenvalue weighted by atomic mass is 32.2. The molecule has 192 valence electrons. The Labute approximate surface area is 223 Å². The van der Waals surface area contributed by atoms with Crippen LogP contribution in [0.3, 0.4) is 0 Å². The van der Waals surface area contributed by atoms with E-state index in [1.54, 1.807) is 44.9 Å². The van der Waals surface area contributed by atoms with Gasteiger partial charge in [-0.1, -0.05) is 64.2 Å². The summed E-state index contributed by atoms with van der Waals surface area (Å²) in [7, 11) is 0. The van der Waals surface area contributed by atoms with Crippen molar-refractivity contribution in [3.8, 4) is 0 Å².